The molecule has 8 heteroatoms. The first-order valence-corrected chi connectivity index (χ1v) is 15.2. The van der Waals surface area contributed by atoms with E-state index in [2.05, 4.69) is 5.32 Å². The lowest BCUT2D eigenvalue weighted by atomic mass is 10.1. The smallest absolute Gasteiger partial charge is 0.264 e. The summed E-state index contributed by atoms with van der Waals surface area (Å²) in [5.74, 6) is -0.703. The number of sulfonamides is 1. The van der Waals surface area contributed by atoms with Crippen molar-refractivity contribution in [2.24, 2.45) is 0 Å². The fourth-order valence-corrected chi connectivity index (χ4v) is 5.81. The maximum Gasteiger partial charge on any atom is 0.264 e. The lowest BCUT2D eigenvalue weighted by molar-refractivity contribution is -0.140. The van der Waals surface area contributed by atoms with Crippen LogP contribution in [-0.2, 0) is 26.2 Å². The maximum absolute atomic E-state index is 14.1. The minimum Gasteiger partial charge on any atom is -0.352 e. The quantitative estimate of drug-likeness (QED) is 0.314. The SMILES string of the molecule is CCC(C)NC(=O)C(CC)N(Cc1ccc(C)cc1)C(=O)CN(c1ccc(C)c(C)c1)S(=O)(=O)c1ccccc1. The van der Waals surface area contributed by atoms with Crippen LogP contribution in [0, 0.1) is 20.8 Å². The van der Waals surface area contributed by atoms with Crippen molar-refractivity contribution < 1.29 is 18.0 Å². The van der Waals surface area contributed by atoms with E-state index in [-0.39, 0.29) is 23.4 Å². The Bertz CT molecular complexity index is 1410. The number of nitrogens with one attached hydrogen (secondary N) is 1. The van der Waals surface area contributed by atoms with Crippen molar-refractivity contribution in [2.75, 3.05) is 10.8 Å². The van der Waals surface area contributed by atoms with Gasteiger partial charge in [-0.15, -0.1) is 0 Å². The van der Waals surface area contributed by atoms with E-state index in [1.807, 2.05) is 71.9 Å². The predicted octanol–water partition coefficient (Wildman–Crippen LogP) is 5.53. The number of anilines is 1. The predicted molar refractivity (Wildman–Crippen MR) is 161 cm³/mol. The van der Waals surface area contributed by atoms with E-state index >= 15 is 0 Å². The molecule has 40 heavy (non-hydrogen) atoms. The molecule has 7 nitrogen and oxygen atoms in total. The zero-order valence-electron chi connectivity index (χ0n) is 24.3. The average molecular weight is 564 g/mol. The number of hydrogen-bond acceptors (Lipinski definition) is 4. The van der Waals surface area contributed by atoms with Gasteiger partial charge in [0.1, 0.15) is 12.6 Å². The van der Waals surface area contributed by atoms with Gasteiger partial charge < -0.3 is 10.2 Å². The van der Waals surface area contributed by atoms with Crippen LogP contribution in [0.4, 0.5) is 5.69 Å². The van der Waals surface area contributed by atoms with Crippen LogP contribution in [0.2, 0.25) is 0 Å². The van der Waals surface area contributed by atoms with Crippen molar-refractivity contribution >= 4 is 27.5 Å². The Kier molecular flexibility index (Phi) is 10.5. The number of benzene rings is 3. The molecular weight excluding hydrogens is 522 g/mol. The monoisotopic (exact) mass is 563 g/mol. The first-order chi connectivity index (χ1) is 19.0. The lowest BCUT2D eigenvalue weighted by Crippen LogP contribution is -2.53. The van der Waals surface area contributed by atoms with Gasteiger partial charge in [0.05, 0.1) is 10.6 Å². The Morgan fingerprint density at radius 1 is 0.850 bits per heavy atom. The van der Waals surface area contributed by atoms with Crippen LogP contribution in [0.15, 0.2) is 77.7 Å². The molecule has 0 radical (unpaired) electrons. The van der Waals surface area contributed by atoms with Crippen LogP contribution < -0.4 is 9.62 Å². The standard InChI is InChI=1S/C32H41N3O4S/c1-7-26(6)33-32(37)30(8-2)34(21-27-17-14-23(3)15-18-27)31(36)22-35(28-19-16-24(4)25(5)20-28)40(38,39)29-12-10-9-11-13-29/h9-20,26,30H,7-8,21-22H2,1-6H3,(H,33,37). The largest absolute Gasteiger partial charge is 0.352 e. The van der Waals surface area contributed by atoms with Gasteiger partial charge in [-0.2, -0.15) is 0 Å². The fourth-order valence-electron chi connectivity index (χ4n) is 4.38. The number of hydrogen-bond donors (Lipinski definition) is 1. The van der Waals surface area contributed by atoms with Crippen LogP contribution >= 0.6 is 0 Å². The third-order valence-electron chi connectivity index (χ3n) is 7.25. The summed E-state index contributed by atoms with van der Waals surface area (Å²) in [4.78, 5) is 29.1. The van der Waals surface area contributed by atoms with Crippen LogP contribution in [0.25, 0.3) is 0 Å². The number of carbonyl (C=O) groups is 2. The summed E-state index contributed by atoms with van der Waals surface area (Å²) in [6, 6.07) is 20.4. The Morgan fingerprint density at radius 2 is 1.50 bits per heavy atom. The zero-order chi connectivity index (χ0) is 29.4. The Labute approximate surface area is 239 Å². The summed E-state index contributed by atoms with van der Waals surface area (Å²) >= 11 is 0. The van der Waals surface area contributed by atoms with Crippen molar-refractivity contribution in [3.63, 3.8) is 0 Å². The van der Waals surface area contributed by atoms with E-state index in [1.54, 1.807) is 30.3 Å². The molecule has 0 aliphatic heterocycles. The molecule has 214 valence electrons. The van der Waals surface area contributed by atoms with Crippen LogP contribution in [0.3, 0.4) is 0 Å². The van der Waals surface area contributed by atoms with Crippen molar-refractivity contribution in [1.29, 1.82) is 0 Å². The van der Waals surface area contributed by atoms with Gasteiger partial charge in [0.2, 0.25) is 11.8 Å². The van der Waals surface area contributed by atoms with E-state index in [9.17, 15) is 18.0 Å². The molecule has 0 bridgehead atoms. The van der Waals surface area contributed by atoms with Gasteiger partial charge in [-0.1, -0.05) is 67.9 Å². The summed E-state index contributed by atoms with van der Waals surface area (Å²) in [6.07, 6.45) is 1.14. The Hall–Kier alpha value is -3.65. The van der Waals surface area contributed by atoms with E-state index in [1.165, 1.54) is 17.0 Å². The van der Waals surface area contributed by atoms with E-state index in [0.717, 1.165) is 33.0 Å². The second-order valence-electron chi connectivity index (χ2n) is 10.3. The van der Waals surface area contributed by atoms with Gasteiger partial charge in [-0.3, -0.25) is 13.9 Å². The molecule has 0 spiro atoms. The molecular formula is C32H41N3O4S. The maximum atomic E-state index is 14.1. The molecule has 0 aromatic heterocycles. The summed E-state index contributed by atoms with van der Waals surface area (Å²) in [7, 11) is -4.08. The number of aryl methyl sites for hydroxylation is 3. The van der Waals surface area contributed by atoms with Crippen LogP contribution in [-0.4, -0.2) is 43.8 Å². The lowest BCUT2D eigenvalue weighted by Gasteiger charge is -2.34. The van der Waals surface area contributed by atoms with Crippen LogP contribution in [0.5, 0.6) is 0 Å². The normalized spacial score (nSPS) is 12.8. The molecule has 0 aliphatic rings. The number of rotatable bonds is 12. The van der Waals surface area contributed by atoms with Crippen LogP contribution in [0.1, 0.15) is 55.9 Å². The molecule has 2 amide bonds. The minimum absolute atomic E-state index is 0.0524. The molecule has 2 unspecified atom stereocenters. The van der Waals surface area contributed by atoms with Gasteiger partial charge in [0.15, 0.2) is 0 Å². The summed E-state index contributed by atoms with van der Waals surface area (Å²) in [5.41, 5.74) is 4.26. The summed E-state index contributed by atoms with van der Waals surface area (Å²) in [5, 5.41) is 3.00. The molecule has 2 atom stereocenters. The van der Waals surface area contributed by atoms with Gasteiger partial charge >= 0.3 is 0 Å². The Balaban J connectivity index is 2.06. The molecule has 0 fully saturated rings. The van der Waals surface area contributed by atoms with E-state index < -0.39 is 28.5 Å². The first kappa shape index (κ1) is 30.9. The molecule has 0 aliphatic carbocycles. The molecule has 3 rings (SSSR count). The third-order valence-corrected chi connectivity index (χ3v) is 9.04. The molecule has 1 N–H and O–H groups in total. The molecule has 0 heterocycles. The highest BCUT2D eigenvalue weighted by Gasteiger charge is 2.34. The number of amides is 2. The average Bonchev–Trinajstić information content (AvgIpc) is 2.94. The minimum atomic E-state index is -4.08. The van der Waals surface area contributed by atoms with E-state index in [0.29, 0.717) is 12.1 Å². The van der Waals surface area contributed by atoms with Crippen molar-refractivity contribution in [1.82, 2.24) is 10.2 Å². The topological polar surface area (TPSA) is 86.8 Å². The van der Waals surface area contributed by atoms with Gasteiger partial charge in [0, 0.05) is 12.6 Å². The zero-order valence-corrected chi connectivity index (χ0v) is 25.2. The highest BCUT2D eigenvalue weighted by Crippen LogP contribution is 2.26. The fraction of sp³-hybridized carbons (Fsp3) is 0.375. The van der Waals surface area contributed by atoms with Crippen molar-refractivity contribution in [2.45, 2.75) is 77.9 Å². The summed E-state index contributed by atoms with van der Waals surface area (Å²) < 4.78 is 29.0. The second kappa shape index (κ2) is 13.6. The van der Waals surface area contributed by atoms with Crippen molar-refractivity contribution in [3.05, 3.63) is 95.1 Å². The number of nitrogens with zero attached hydrogens (tertiary/aromatic N) is 2. The molecule has 0 saturated carbocycles. The molecule has 3 aromatic carbocycles. The molecule has 0 saturated heterocycles. The molecule has 3 aromatic rings. The van der Waals surface area contributed by atoms with Gasteiger partial charge in [-0.25, -0.2) is 8.42 Å². The second-order valence-corrected chi connectivity index (χ2v) is 12.2. The highest BCUT2D eigenvalue weighted by molar-refractivity contribution is 7.92. The highest BCUT2D eigenvalue weighted by atomic mass is 32.2. The first-order valence-electron chi connectivity index (χ1n) is 13.8. The Morgan fingerprint density at radius 3 is 2.08 bits per heavy atom. The summed E-state index contributed by atoms with van der Waals surface area (Å²) in [6.45, 7) is 11.3. The van der Waals surface area contributed by atoms with Gasteiger partial charge in [-0.05, 0) is 81.5 Å². The number of carbonyl (C=O) groups excluding carboxylic acids is 2. The van der Waals surface area contributed by atoms with Crippen molar-refractivity contribution in [3.8, 4) is 0 Å². The van der Waals surface area contributed by atoms with E-state index in [4.69, 9.17) is 0 Å². The third kappa shape index (κ3) is 7.50. The van der Waals surface area contributed by atoms with Gasteiger partial charge in [0.25, 0.3) is 10.0 Å².